The van der Waals surface area contributed by atoms with E-state index >= 15 is 0 Å². The van der Waals surface area contributed by atoms with Crippen molar-refractivity contribution in [3.8, 4) is 5.75 Å². The zero-order valence-corrected chi connectivity index (χ0v) is 19.8. The van der Waals surface area contributed by atoms with E-state index < -0.39 is 0 Å². The fraction of sp³-hybridized carbons (Fsp3) is 0.240. The van der Waals surface area contributed by atoms with Gasteiger partial charge in [0.25, 0.3) is 0 Å². The number of nitrogens with one attached hydrogen (secondary N) is 1. The van der Waals surface area contributed by atoms with Crippen molar-refractivity contribution in [1.29, 1.82) is 0 Å². The number of phenols is 1. The maximum Gasteiger partial charge on any atom is 0.230 e. The molecule has 0 heterocycles. The van der Waals surface area contributed by atoms with Crippen LogP contribution in [-0.2, 0) is 17.8 Å². The molecule has 31 heavy (non-hydrogen) atoms. The highest BCUT2D eigenvalue weighted by atomic mass is 35.5. The Morgan fingerprint density at radius 3 is 2.32 bits per heavy atom. The molecule has 162 valence electrons. The van der Waals surface area contributed by atoms with E-state index in [1.165, 1.54) is 11.8 Å². The number of benzene rings is 3. The molecule has 0 saturated carbocycles. The number of phenolic OH excluding ortho intramolecular Hbond substituents is 1. The third-order valence-corrected chi connectivity index (χ3v) is 6.56. The molecular weight excluding hydrogens is 449 g/mol. The number of carbonyl (C=O) groups is 1. The predicted molar refractivity (Wildman–Crippen MR) is 130 cm³/mol. The Morgan fingerprint density at radius 1 is 1.00 bits per heavy atom. The van der Waals surface area contributed by atoms with Crippen molar-refractivity contribution in [2.45, 2.75) is 37.6 Å². The molecule has 0 saturated heterocycles. The van der Waals surface area contributed by atoms with Crippen LogP contribution in [0.3, 0.4) is 0 Å². The standard InChI is InChI=1S/C25H25Cl2NO2S/c1-16(2)20-10-18(8-9-24(20)29)11-21-22(26)12-19(13-23(21)27)31-15-25(30)28-14-17-6-4-3-5-7-17/h3-10,12-13,16,29H,11,14-15H2,1-2H3,(H,28,30). The topological polar surface area (TPSA) is 49.3 Å². The van der Waals surface area contributed by atoms with Gasteiger partial charge in [-0.05, 0) is 46.4 Å². The molecular formula is C25H25Cl2NO2S. The maximum atomic E-state index is 12.2. The summed E-state index contributed by atoms with van der Waals surface area (Å²) in [6, 6.07) is 19.1. The molecule has 0 bridgehead atoms. The largest absolute Gasteiger partial charge is 0.508 e. The van der Waals surface area contributed by atoms with Crippen LogP contribution in [0.25, 0.3) is 0 Å². The van der Waals surface area contributed by atoms with Gasteiger partial charge in [0.05, 0.1) is 5.75 Å². The van der Waals surface area contributed by atoms with E-state index in [1.54, 1.807) is 6.07 Å². The highest BCUT2D eigenvalue weighted by Gasteiger charge is 2.13. The number of carbonyl (C=O) groups excluding carboxylic acids is 1. The number of rotatable bonds is 8. The van der Waals surface area contributed by atoms with E-state index in [-0.39, 0.29) is 17.6 Å². The van der Waals surface area contributed by atoms with Gasteiger partial charge in [0, 0.05) is 27.9 Å². The highest BCUT2D eigenvalue weighted by Crippen LogP contribution is 2.34. The van der Waals surface area contributed by atoms with Crippen LogP contribution >= 0.6 is 35.0 Å². The lowest BCUT2D eigenvalue weighted by atomic mass is 9.96. The summed E-state index contributed by atoms with van der Waals surface area (Å²) in [6.07, 6.45) is 0.570. The molecule has 0 aliphatic heterocycles. The Kier molecular flexibility index (Phi) is 8.30. The molecule has 0 unspecified atom stereocenters. The third kappa shape index (κ3) is 6.67. The van der Waals surface area contributed by atoms with Crippen molar-refractivity contribution in [3.05, 3.63) is 93.0 Å². The first-order chi connectivity index (χ1) is 14.8. The molecule has 0 spiro atoms. The van der Waals surface area contributed by atoms with Gasteiger partial charge >= 0.3 is 0 Å². The molecule has 0 radical (unpaired) electrons. The van der Waals surface area contributed by atoms with E-state index in [0.717, 1.165) is 27.1 Å². The van der Waals surface area contributed by atoms with Gasteiger partial charge in [0.15, 0.2) is 0 Å². The SMILES string of the molecule is CC(C)c1cc(Cc2c(Cl)cc(SCC(=O)NCc3ccccc3)cc2Cl)ccc1O. The van der Waals surface area contributed by atoms with Gasteiger partial charge < -0.3 is 10.4 Å². The molecule has 0 aromatic heterocycles. The lowest BCUT2D eigenvalue weighted by molar-refractivity contribution is -0.118. The van der Waals surface area contributed by atoms with Crippen LogP contribution in [0, 0.1) is 0 Å². The number of thioether (sulfide) groups is 1. The second kappa shape index (κ2) is 10.9. The summed E-state index contributed by atoms with van der Waals surface area (Å²) in [6.45, 7) is 4.59. The van der Waals surface area contributed by atoms with Crippen molar-refractivity contribution in [2.75, 3.05) is 5.75 Å². The van der Waals surface area contributed by atoms with E-state index in [0.29, 0.717) is 28.8 Å². The van der Waals surface area contributed by atoms with E-state index in [2.05, 4.69) is 5.32 Å². The molecule has 0 fully saturated rings. The lowest BCUT2D eigenvalue weighted by Gasteiger charge is -2.13. The summed E-state index contributed by atoms with van der Waals surface area (Å²) in [4.78, 5) is 13.0. The van der Waals surface area contributed by atoms with Crippen LogP contribution in [0.5, 0.6) is 5.75 Å². The summed E-state index contributed by atoms with van der Waals surface area (Å²) in [7, 11) is 0. The zero-order chi connectivity index (χ0) is 22.4. The monoisotopic (exact) mass is 473 g/mol. The number of hydrogen-bond acceptors (Lipinski definition) is 3. The second-order valence-electron chi connectivity index (χ2n) is 7.64. The van der Waals surface area contributed by atoms with Gasteiger partial charge in [-0.3, -0.25) is 4.79 Å². The first kappa shape index (κ1) is 23.5. The Bertz CT molecular complexity index is 1030. The number of halogens is 2. The molecule has 1 amide bonds. The van der Waals surface area contributed by atoms with Gasteiger partial charge in [-0.2, -0.15) is 0 Å². The summed E-state index contributed by atoms with van der Waals surface area (Å²) in [5, 5.41) is 14.1. The highest BCUT2D eigenvalue weighted by molar-refractivity contribution is 8.00. The zero-order valence-electron chi connectivity index (χ0n) is 17.5. The average molecular weight is 474 g/mol. The molecule has 3 aromatic rings. The fourth-order valence-electron chi connectivity index (χ4n) is 3.21. The number of hydrogen-bond donors (Lipinski definition) is 2. The number of aromatic hydroxyl groups is 1. The molecule has 0 atom stereocenters. The third-order valence-electron chi connectivity index (χ3n) is 4.91. The van der Waals surface area contributed by atoms with Crippen LogP contribution in [0.4, 0.5) is 0 Å². The van der Waals surface area contributed by atoms with Crippen LogP contribution < -0.4 is 5.32 Å². The maximum absolute atomic E-state index is 12.2. The second-order valence-corrected chi connectivity index (χ2v) is 9.50. The Labute approximate surface area is 197 Å². The van der Waals surface area contributed by atoms with E-state index in [9.17, 15) is 9.90 Å². The van der Waals surface area contributed by atoms with Crippen molar-refractivity contribution in [2.24, 2.45) is 0 Å². The lowest BCUT2D eigenvalue weighted by Crippen LogP contribution is -2.24. The quantitative estimate of drug-likeness (QED) is 0.352. The van der Waals surface area contributed by atoms with E-state index in [1.807, 2.05) is 68.4 Å². The summed E-state index contributed by atoms with van der Waals surface area (Å²) < 4.78 is 0. The van der Waals surface area contributed by atoms with Crippen LogP contribution in [0.1, 0.15) is 42.0 Å². The molecule has 3 rings (SSSR count). The molecule has 0 aliphatic carbocycles. The molecule has 3 nitrogen and oxygen atoms in total. The average Bonchev–Trinajstić information content (AvgIpc) is 2.75. The van der Waals surface area contributed by atoms with Crippen LogP contribution in [-0.4, -0.2) is 16.8 Å². The Hall–Kier alpha value is -2.14. The minimum atomic E-state index is -0.0458. The predicted octanol–water partition coefficient (Wildman–Crippen LogP) is 6.82. The smallest absolute Gasteiger partial charge is 0.230 e. The minimum Gasteiger partial charge on any atom is -0.508 e. The van der Waals surface area contributed by atoms with Gasteiger partial charge in [-0.25, -0.2) is 0 Å². The minimum absolute atomic E-state index is 0.0458. The van der Waals surface area contributed by atoms with Crippen molar-refractivity contribution in [1.82, 2.24) is 5.32 Å². The van der Waals surface area contributed by atoms with Gasteiger partial charge in [0.1, 0.15) is 5.75 Å². The molecule has 6 heteroatoms. The van der Waals surface area contributed by atoms with Gasteiger partial charge in [-0.1, -0.05) is 79.5 Å². The van der Waals surface area contributed by atoms with Crippen molar-refractivity contribution >= 4 is 40.9 Å². The van der Waals surface area contributed by atoms with Crippen LogP contribution in [0.2, 0.25) is 10.0 Å². The first-order valence-corrected chi connectivity index (χ1v) is 11.8. The van der Waals surface area contributed by atoms with Crippen molar-refractivity contribution in [3.63, 3.8) is 0 Å². The van der Waals surface area contributed by atoms with Crippen molar-refractivity contribution < 1.29 is 9.90 Å². The summed E-state index contributed by atoms with van der Waals surface area (Å²) in [5.41, 5.74) is 3.83. The van der Waals surface area contributed by atoms with E-state index in [4.69, 9.17) is 23.2 Å². The summed E-state index contributed by atoms with van der Waals surface area (Å²) in [5.74, 6) is 0.760. The van der Waals surface area contributed by atoms with Gasteiger partial charge in [0.2, 0.25) is 5.91 Å². The number of amides is 1. The Balaban J connectivity index is 1.62. The molecule has 2 N–H and O–H groups in total. The normalized spacial score (nSPS) is 11.0. The molecule has 0 aliphatic rings. The fourth-order valence-corrected chi connectivity index (χ4v) is 4.76. The first-order valence-electron chi connectivity index (χ1n) is 10.1. The summed E-state index contributed by atoms with van der Waals surface area (Å²) >= 11 is 14.5. The Morgan fingerprint density at radius 2 is 1.68 bits per heavy atom. The molecule has 3 aromatic carbocycles. The van der Waals surface area contributed by atoms with Crippen LogP contribution in [0.15, 0.2) is 65.6 Å². The van der Waals surface area contributed by atoms with Gasteiger partial charge in [-0.15, -0.1) is 11.8 Å².